The van der Waals surface area contributed by atoms with Gasteiger partial charge in [0.1, 0.15) is 11.9 Å². The van der Waals surface area contributed by atoms with Crippen molar-refractivity contribution in [2.45, 2.75) is 12.5 Å². The van der Waals surface area contributed by atoms with E-state index in [1.54, 1.807) is 12.1 Å². The van der Waals surface area contributed by atoms with E-state index in [1.807, 2.05) is 6.07 Å². The first-order valence-electron chi connectivity index (χ1n) is 5.28. The number of nitrogens with zero attached hydrogens (tertiary/aromatic N) is 4. The minimum absolute atomic E-state index is 0.302. The van der Waals surface area contributed by atoms with Crippen molar-refractivity contribution in [3.8, 4) is 6.07 Å². The Kier molecular flexibility index (Phi) is 6.15. The van der Waals surface area contributed by atoms with E-state index in [-0.39, 0.29) is 0 Å². The molecule has 7 heteroatoms. The highest BCUT2D eigenvalue weighted by Crippen LogP contribution is 2.21. The van der Waals surface area contributed by atoms with Crippen molar-refractivity contribution in [3.05, 3.63) is 44.5 Å². The van der Waals surface area contributed by atoms with Gasteiger partial charge in [0.05, 0.1) is 6.07 Å². The Morgan fingerprint density at radius 1 is 1.61 bits per heavy atom. The van der Waals surface area contributed by atoms with Crippen LogP contribution >= 0.6 is 15.9 Å². The Bertz CT molecular complexity index is 493. The van der Waals surface area contributed by atoms with E-state index in [0.717, 1.165) is 4.47 Å². The maximum Gasteiger partial charge on any atom is 0.129 e. The normalized spacial score (nSPS) is 11.4. The molecule has 5 nitrogen and oxygen atoms in total. The maximum atomic E-state index is 13.6. The summed E-state index contributed by atoms with van der Waals surface area (Å²) < 4.78 is 14.3. The molecule has 1 atom stereocenters. The van der Waals surface area contributed by atoms with Gasteiger partial charge in [0.15, 0.2) is 0 Å². The Balaban J connectivity index is 2.63. The van der Waals surface area contributed by atoms with E-state index in [4.69, 9.17) is 10.8 Å². The summed E-state index contributed by atoms with van der Waals surface area (Å²) in [6.45, 7) is 0.825. The van der Waals surface area contributed by atoms with E-state index in [2.05, 4.69) is 31.3 Å². The van der Waals surface area contributed by atoms with Crippen LogP contribution in [0.15, 0.2) is 27.8 Å². The van der Waals surface area contributed by atoms with Gasteiger partial charge in [0.25, 0.3) is 0 Å². The fraction of sp³-hybridized carbons (Fsp3) is 0.364. The molecule has 0 aliphatic carbocycles. The van der Waals surface area contributed by atoms with Crippen molar-refractivity contribution in [2.24, 2.45) is 5.11 Å². The van der Waals surface area contributed by atoms with Gasteiger partial charge in [0, 0.05) is 21.5 Å². The van der Waals surface area contributed by atoms with Crippen LogP contribution in [0.1, 0.15) is 18.0 Å². The summed E-state index contributed by atoms with van der Waals surface area (Å²) in [5, 5.41) is 15.3. The predicted molar refractivity (Wildman–Crippen MR) is 69.1 cm³/mol. The summed E-state index contributed by atoms with van der Waals surface area (Å²) in [6.07, 6.45) is 0.595. The number of benzene rings is 1. The quantitative estimate of drug-likeness (QED) is 0.377. The lowest BCUT2D eigenvalue weighted by Crippen LogP contribution is -2.22. The second-order valence-corrected chi connectivity index (χ2v) is 4.41. The minimum Gasteiger partial charge on any atom is -0.298 e. The van der Waals surface area contributed by atoms with Gasteiger partial charge in [-0.05, 0) is 36.7 Å². The van der Waals surface area contributed by atoms with Gasteiger partial charge in [-0.3, -0.25) is 5.32 Å². The lowest BCUT2D eigenvalue weighted by molar-refractivity contribution is 0.555. The Labute approximate surface area is 112 Å². The highest BCUT2D eigenvalue weighted by Gasteiger charge is 2.14. The Morgan fingerprint density at radius 2 is 2.39 bits per heavy atom. The molecule has 1 rings (SSSR count). The average Bonchev–Trinajstić information content (AvgIpc) is 2.37. The number of nitrogens with one attached hydrogen (secondary N) is 1. The zero-order chi connectivity index (χ0) is 13.4. The van der Waals surface area contributed by atoms with Gasteiger partial charge < -0.3 is 0 Å². The van der Waals surface area contributed by atoms with Crippen LogP contribution in [0.2, 0.25) is 0 Å². The van der Waals surface area contributed by atoms with E-state index in [0.29, 0.717) is 25.1 Å². The van der Waals surface area contributed by atoms with Crippen molar-refractivity contribution in [2.75, 3.05) is 13.1 Å². The number of hydrogen-bond acceptors (Lipinski definition) is 3. The van der Waals surface area contributed by atoms with Crippen molar-refractivity contribution >= 4 is 15.9 Å². The summed E-state index contributed by atoms with van der Waals surface area (Å²) in [4.78, 5) is 2.62. The zero-order valence-corrected chi connectivity index (χ0v) is 11.1. The molecule has 0 aromatic heterocycles. The summed E-state index contributed by atoms with van der Waals surface area (Å²) in [7, 11) is 0. The molecule has 94 valence electrons. The first kappa shape index (κ1) is 14.5. The molecule has 0 bridgehead atoms. The third-order valence-electron chi connectivity index (χ3n) is 2.24. The number of rotatable bonds is 6. The monoisotopic (exact) mass is 311 g/mol. The summed E-state index contributed by atoms with van der Waals surface area (Å²) in [5.74, 6) is -0.424. The molecule has 0 aliphatic heterocycles. The number of nitriles is 1. The molecule has 0 spiro atoms. The topological polar surface area (TPSA) is 84.6 Å². The third kappa shape index (κ3) is 4.34. The Hall–Kier alpha value is -1.61. The third-order valence-corrected chi connectivity index (χ3v) is 2.74. The molecular formula is C11H11BrFN5. The first-order chi connectivity index (χ1) is 8.69. The molecule has 18 heavy (non-hydrogen) atoms. The van der Waals surface area contributed by atoms with Crippen LogP contribution in [0.3, 0.4) is 0 Å². The van der Waals surface area contributed by atoms with E-state index < -0.39 is 11.9 Å². The second kappa shape index (κ2) is 7.67. The van der Waals surface area contributed by atoms with Gasteiger partial charge >= 0.3 is 0 Å². The van der Waals surface area contributed by atoms with Crippen LogP contribution in [-0.4, -0.2) is 13.1 Å². The van der Waals surface area contributed by atoms with E-state index in [9.17, 15) is 4.39 Å². The van der Waals surface area contributed by atoms with E-state index in [1.165, 1.54) is 6.07 Å². The standard InChI is InChI=1S/C11H11BrFN5/c12-8-2-3-10(13)9(6-8)11(7-14)16-4-1-5-17-18-15/h2-3,6,11,16H,1,4-5H2. The highest BCUT2D eigenvalue weighted by atomic mass is 79.9. The van der Waals surface area contributed by atoms with Crippen LogP contribution in [-0.2, 0) is 0 Å². The van der Waals surface area contributed by atoms with Crippen LogP contribution in [0.5, 0.6) is 0 Å². The van der Waals surface area contributed by atoms with Gasteiger partial charge in [-0.2, -0.15) is 5.26 Å². The molecule has 0 fully saturated rings. The molecule has 0 amide bonds. The highest BCUT2D eigenvalue weighted by molar-refractivity contribution is 9.10. The lowest BCUT2D eigenvalue weighted by atomic mass is 10.1. The van der Waals surface area contributed by atoms with Crippen molar-refractivity contribution in [1.29, 1.82) is 5.26 Å². The van der Waals surface area contributed by atoms with Gasteiger partial charge in [0.2, 0.25) is 0 Å². The molecule has 0 saturated carbocycles. The molecule has 0 radical (unpaired) electrons. The van der Waals surface area contributed by atoms with Crippen LogP contribution in [0.4, 0.5) is 4.39 Å². The van der Waals surface area contributed by atoms with Gasteiger partial charge in [-0.15, -0.1) is 0 Å². The van der Waals surface area contributed by atoms with Crippen molar-refractivity contribution in [1.82, 2.24) is 5.32 Å². The van der Waals surface area contributed by atoms with Crippen molar-refractivity contribution in [3.63, 3.8) is 0 Å². The van der Waals surface area contributed by atoms with Gasteiger partial charge in [-0.25, -0.2) is 4.39 Å². The van der Waals surface area contributed by atoms with Crippen molar-refractivity contribution < 1.29 is 4.39 Å². The van der Waals surface area contributed by atoms with Crippen LogP contribution in [0.25, 0.3) is 10.4 Å². The summed E-state index contributed by atoms with van der Waals surface area (Å²) in [6, 6.07) is 5.75. The fourth-order valence-corrected chi connectivity index (χ4v) is 1.78. The number of azide groups is 1. The van der Waals surface area contributed by atoms with E-state index >= 15 is 0 Å². The zero-order valence-electron chi connectivity index (χ0n) is 9.48. The SMILES string of the molecule is N#CC(NCCCN=[N+]=[N-])c1cc(Br)ccc1F. The van der Waals surface area contributed by atoms with Crippen LogP contribution in [0, 0.1) is 17.1 Å². The lowest BCUT2D eigenvalue weighted by Gasteiger charge is -2.12. The molecule has 0 saturated heterocycles. The summed E-state index contributed by atoms with van der Waals surface area (Å²) in [5.41, 5.74) is 8.40. The predicted octanol–water partition coefficient (Wildman–Crippen LogP) is 3.44. The van der Waals surface area contributed by atoms with Crippen LogP contribution < -0.4 is 5.32 Å². The molecule has 1 unspecified atom stereocenters. The summed E-state index contributed by atoms with van der Waals surface area (Å²) >= 11 is 3.24. The average molecular weight is 312 g/mol. The molecule has 1 N–H and O–H groups in total. The minimum atomic E-state index is -0.714. The Morgan fingerprint density at radius 3 is 3.06 bits per heavy atom. The number of hydrogen-bond donors (Lipinski definition) is 1. The largest absolute Gasteiger partial charge is 0.298 e. The molecule has 1 aromatic carbocycles. The first-order valence-corrected chi connectivity index (χ1v) is 6.07. The maximum absolute atomic E-state index is 13.6. The van der Waals surface area contributed by atoms with Gasteiger partial charge in [-0.1, -0.05) is 21.0 Å². The second-order valence-electron chi connectivity index (χ2n) is 3.49. The number of halogens is 2. The fourth-order valence-electron chi connectivity index (χ4n) is 1.40. The smallest absolute Gasteiger partial charge is 0.129 e. The molecule has 1 aromatic rings. The molecular weight excluding hydrogens is 301 g/mol. The molecule has 0 heterocycles. The molecule has 0 aliphatic rings.